The van der Waals surface area contributed by atoms with Gasteiger partial charge in [0.1, 0.15) is 0 Å². The van der Waals surface area contributed by atoms with Crippen LogP contribution in [0.1, 0.15) is 27.9 Å². The van der Waals surface area contributed by atoms with Crippen molar-refractivity contribution in [3.05, 3.63) is 59.2 Å². The first-order valence-electron chi connectivity index (χ1n) is 8.86. The minimum Gasteiger partial charge on any atom is -0.456 e. The van der Waals surface area contributed by atoms with E-state index in [9.17, 15) is 14.4 Å². The zero-order valence-corrected chi connectivity index (χ0v) is 17.0. The third-order valence-corrected chi connectivity index (χ3v) is 5.05. The Bertz CT molecular complexity index is 867. The molecule has 7 heteroatoms. The summed E-state index contributed by atoms with van der Waals surface area (Å²) in [7, 11) is 1.53. The Morgan fingerprint density at radius 3 is 2.54 bits per heavy atom. The van der Waals surface area contributed by atoms with E-state index in [1.807, 2.05) is 6.07 Å². The van der Waals surface area contributed by atoms with Crippen molar-refractivity contribution in [2.24, 2.45) is 0 Å². The fourth-order valence-electron chi connectivity index (χ4n) is 2.35. The number of hydrogen-bond acceptors (Lipinski definition) is 5. The number of anilines is 1. The van der Waals surface area contributed by atoms with E-state index in [-0.39, 0.29) is 18.9 Å². The minimum absolute atomic E-state index is 0.219. The van der Waals surface area contributed by atoms with E-state index in [0.29, 0.717) is 17.0 Å². The lowest BCUT2D eigenvalue weighted by Crippen LogP contribution is -2.22. The zero-order valence-electron chi connectivity index (χ0n) is 16.2. The van der Waals surface area contributed by atoms with E-state index < -0.39 is 11.9 Å². The number of rotatable bonds is 8. The van der Waals surface area contributed by atoms with E-state index >= 15 is 0 Å². The predicted octanol–water partition coefficient (Wildman–Crippen LogP) is 3.33. The average molecular weight is 401 g/mol. The highest BCUT2D eigenvalue weighted by Crippen LogP contribution is 2.21. The quantitative estimate of drug-likeness (QED) is 0.524. The van der Waals surface area contributed by atoms with Crippen LogP contribution in [0.5, 0.6) is 0 Å². The molecule has 0 atom stereocenters. The Labute approximate surface area is 169 Å². The number of esters is 1. The molecule has 0 fully saturated rings. The van der Waals surface area contributed by atoms with Crippen LogP contribution in [0.3, 0.4) is 0 Å². The Kier molecular flexibility index (Phi) is 8.07. The first-order chi connectivity index (χ1) is 13.4. The Balaban J connectivity index is 1.72. The Morgan fingerprint density at radius 2 is 1.82 bits per heavy atom. The second-order valence-electron chi connectivity index (χ2n) is 6.21. The maximum absolute atomic E-state index is 11.9. The molecule has 0 saturated carbocycles. The molecule has 2 amide bonds. The lowest BCUT2D eigenvalue weighted by atomic mass is 10.1. The van der Waals surface area contributed by atoms with Crippen molar-refractivity contribution in [1.29, 1.82) is 0 Å². The molecule has 2 N–H and O–H groups in total. The van der Waals surface area contributed by atoms with Crippen LogP contribution in [0, 0.1) is 13.8 Å². The maximum Gasteiger partial charge on any atom is 0.307 e. The van der Waals surface area contributed by atoms with Crippen molar-refractivity contribution >= 4 is 35.2 Å². The lowest BCUT2D eigenvalue weighted by molar-refractivity contribution is -0.146. The number of carbonyl (C=O) groups is 3. The molecule has 0 radical (unpaired) electrons. The molecule has 0 aliphatic heterocycles. The average Bonchev–Trinajstić information content (AvgIpc) is 2.68. The highest BCUT2D eigenvalue weighted by Gasteiger charge is 2.10. The second kappa shape index (κ2) is 10.5. The molecule has 2 aromatic carbocycles. The predicted molar refractivity (Wildman–Crippen MR) is 111 cm³/mol. The molecule has 148 valence electrons. The van der Waals surface area contributed by atoms with Gasteiger partial charge < -0.3 is 15.4 Å². The first kappa shape index (κ1) is 21.5. The summed E-state index contributed by atoms with van der Waals surface area (Å²) in [5.74, 6) is -0.546. The number of amides is 2. The highest BCUT2D eigenvalue weighted by molar-refractivity contribution is 7.99. The van der Waals surface area contributed by atoms with Crippen molar-refractivity contribution in [3.63, 3.8) is 0 Å². The number of aryl methyl sites for hydroxylation is 2. The first-order valence-corrected chi connectivity index (χ1v) is 9.85. The number of thioether (sulfide) groups is 1. The maximum atomic E-state index is 11.9. The molecule has 0 heterocycles. The molecular formula is C21H24N2O4S. The normalized spacial score (nSPS) is 10.2. The van der Waals surface area contributed by atoms with E-state index in [4.69, 9.17) is 4.74 Å². The van der Waals surface area contributed by atoms with Crippen LogP contribution in [0.2, 0.25) is 0 Å². The molecule has 0 bridgehead atoms. The fraction of sp³-hybridized carbons (Fsp3) is 0.286. The van der Waals surface area contributed by atoms with Gasteiger partial charge in [0.05, 0.1) is 6.42 Å². The smallest absolute Gasteiger partial charge is 0.307 e. The lowest BCUT2D eigenvalue weighted by Gasteiger charge is -2.08. The SMILES string of the molecule is CNC(=O)c1cccc(NC(=O)COC(=O)CCSc2ccc(C)c(C)c2)c1. The van der Waals surface area contributed by atoms with E-state index in [1.54, 1.807) is 36.0 Å². The van der Waals surface area contributed by atoms with Crippen molar-refractivity contribution in [1.82, 2.24) is 5.32 Å². The minimum atomic E-state index is -0.454. The molecule has 28 heavy (non-hydrogen) atoms. The van der Waals surface area contributed by atoms with Crippen LogP contribution in [0.15, 0.2) is 47.4 Å². The molecule has 0 aromatic heterocycles. The van der Waals surface area contributed by atoms with E-state index in [2.05, 4.69) is 36.6 Å². The Morgan fingerprint density at radius 1 is 1.04 bits per heavy atom. The van der Waals surface area contributed by atoms with Crippen LogP contribution < -0.4 is 10.6 Å². The van der Waals surface area contributed by atoms with Crippen LogP contribution in [0.25, 0.3) is 0 Å². The third-order valence-electron chi connectivity index (χ3n) is 4.05. The molecule has 2 rings (SSSR count). The van der Waals surface area contributed by atoms with Gasteiger partial charge in [0.2, 0.25) is 0 Å². The molecular weight excluding hydrogens is 376 g/mol. The summed E-state index contributed by atoms with van der Waals surface area (Å²) in [6.07, 6.45) is 0.219. The summed E-state index contributed by atoms with van der Waals surface area (Å²) in [5.41, 5.74) is 3.34. The van der Waals surface area contributed by atoms with E-state index in [1.165, 1.54) is 18.2 Å². The van der Waals surface area contributed by atoms with E-state index in [0.717, 1.165) is 4.90 Å². The molecule has 0 saturated heterocycles. The third kappa shape index (κ3) is 6.74. The molecule has 0 aliphatic rings. The standard InChI is InChI=1S/C21H24N2O4S/c1-14-7-8-18(11-15(14)2)28-10-9-20(25)27-13-19(24)23-17-6-4-5-16(12-17)21(26)22-3/h4-8,11-12H,9-10,13H2,1-3H3,(H,22,26)(H,23,24). The number of carbonyl (C=O) groups excluding carboxylic acids is 3. The van der Waals surface area contributed by atoms with Gasteiger partial charge in [0.25, 0.3) is 11.8 Å². The van der Waals surface area contributed by atoms with Crippen molar-refractivity contribution < 1.29 is 19.1 Å². The van der Waals surface area contributed by atoms with Gasteiger partial charge >= 0.3 is 5.97 Å². The van der Waals surface area contributed by atoms with Crippen LogP contribution in [0.4, 0.5) is 5.69 Å². The monoisotopic (exact) mass is 400 g/mol. The number of hydrogen-bond donors (Lipinski definition) is 2. The van der Waals surface area contributed by atoms with Gasteiger partial charge in [-0.1, -0.05) is 12.1 Å². The second-order valence-corrected chi connectivity index (χ2v) is 7.38. The van der Waals surface area contributed by atoms with Gasteiger partial charge in [0, 0.05) is 28.9 Å². The van der Waals surface area contributed by atoms with Crippen LogP contribution in [-0.4, -0.2) is 37.2 Å². The van der Waals surface area contributed by atoms with Gasteiger partial charge in [-0.05, 0) is 55.3 Å². The summed E-state index contributed by atoms with van der Waals surface area (Å²) in [4.78, 5) is 36.5. The number of nitrogens with one attached hydrogen (secondary N) is 2. The molecule has 2 aromatic rings. The summed E-state index contributed by atoms with van der Waals surface area (Å²) < 4.78 is 5.01. The van der Waals surface area contributed by atoms with Gasteiger partial charge in [0.15, 0.2) is 6.61 Å². The number of ether oxygens (including phenoxy) is 1. The van der Waals surface area contributed by atoms with Crippen molar-refractivity contribution in [2.75, 3.05) is 24.7 Å². The van der Waals surface area contributed by atoms with Gasteiger partial charge in [-0.25, -0.2) is 0 Å². The van der Waals surface area contributed by atoms with Gasteiger partial charge in [-0.3, -0.25) is 14.4 Å². The summed E-state index contributed by atoms with van der Waals surface area (Å²) >= 11 is 1.58. The van der Waals surface area contributed by atoms with Gasteiger partial charge in [-0.2, -0.15) is 0 Å². The highest BCUT2D eigenvalue weighted by atomic mass is 32.2. The molecule has 0 unspecified atom stereocenters. The van der Waals surface area contributed by atoms with Crippen molar-refractivity contribution in [3.8, 4) is 0 Å². The molecule has 0 spiro atoms. The topological polar surface area (TPSA) is 84.5 Å². The largest absolute Gasteiger partial charge is 0.456 e. The van der Waals surface area contributed by atoms with Crippen LogP contribution >= 0.6 is 11.8 Å². The van der Waals surface area contributed by atoms with Crippen molar-refractivity contribution in [2.45, 2.75) is 25.2 Å². The summed E-state index contributed by atoms with van der Waals surface area (Å²) in [5, 5.41) is 5.12. The fourth-order valence-corrected chi connectivity index (χ4v) is 3.28. The summed E-state index contributed by atoms with van der Waals surface area (Å²) in [6.45, 7) is 3.75. The Hall–Kier alpha value is -2.80. The summed E-state index contributed by atoms with van der Waals surface area (Å²) in [6, 6.07) is 12.7. The molecule has 0 aliphatic carbocycles. The number of benzene rings is 2. The van der Waals surface area contributed by atoms with Gasteiger partial charge in [-0.15, -0.1) is 11.8 Å². The van der Waals surface area contributed by atoms with Crippen LogP contribution in [-0.2, 0) is 14.3 Å². The molecule has 6 nitrogen and oxygen atoms in total. The zero-order chi connectivity index (χ0) is 20.5.